The lowest BCUT2D eigenvalue weighted by atomic mass is 9.96. The number of aryl methyl sites for hydroxylation is 1. The Morgan fingerprint density at radius 3 is 2.31 bits per heavy atom. The first-order valence-electron chi connectivity index (χ1n) is 10.2. The summed E-state index contributed by atoms with van der Waals surface area (Å²) in [6.45, 7) is 3.33. The van der Waals surface area contributed by atoms with Gasteiger partial charge in [0.1, 0.15) is 0 Å². The van der Waals surface area contributed by atoms with Crippen LogP contribution < -0.4 is 0 Å². The first-order valence-corrected chi connectivity index (χ1v) is 10.5. The molecule has 1 aromatic heterocycles. The molecule has 8 heteroatoms. The van der Waals surface area contributed by atoms with E-state index < -0.39 is 18.1 Å². The van der Waals surface area contributed by atoms with Crippen molar-refractivity contribution < 1.29 is 22.7 Å². The first kappa shape index (κ1) is 23.7. The molecule has 0 aliphatic heterocycles. The van der Waals surface area contributed by atoms with Gasteiger partial charge < -0.3 is 4.74 Å². The predicted molar refractivity (Wildman–Crippen MR) is 117 cm³/mol. The van der Waals surface area contributed by atoms with Gasteiger partial charge in [-0.1, -0.05) is 54.9 Å². The average molecular weight is 463 g/mol. The highest BCUT2D eigenvalue weighted by atomic mass is 35.5. The maximum Gasteiger partial charge on any atom is 0.406 e. The van der Waals surface area contributed by atoms with Gasteiger partial charge in [0.2, 0.25) is 0 Å². The smallest absolute Gasteiger partial charge is 0.406 e. The largest absolute Gasteiger partial charge is 0.465 e. The summed E-state index contributed by atoms with van der Waals surface area (Å²) in [4.78, 5) is 21.0. The normalized spacial score (nSPS) is 12.4. The lowest BCUT2D eigenvalue weighted by molar-refractivity contribution is -0.180. The molecule has 0 aliphatic carbocycles. The van der Waals surface area contributed by atoms with Gasteiger partial charge in [0.15, 0.2) is 11.7 Å². The van der Waals surface area contributed by atoms with Gasteiger partial charge in [0.05, 0.1) is 6.61 Å². The van der Waals surface area contributed by atoms with Crippen LogP contribution >= 0.6 is 11.6 Å². The minimum atomic E-state index is -4.73. The molecule has 1 heterocycles. The van der Waals surface area contributed by atoms with Crippen LogP contribution in [0.1, 0.15) is 42.3 Å². The summed E-state index contributed by atoms with van der Waals surface area (Å²) < 4.78 is 44.9. The van der Waals surface area contributed by atoms with E-state index in [2.05, 4.69) is 14.7 Å². The van der Waals surface area contributed by atoms with Crippen molar-refractivity contribution in [2.45, 2.75) is 38.8 Å². The minimum Gasteiger partial charge on any atom is -0.465 e. The summed E-state index contributed by atoms with van der Waals surface area (Å²) in [7, 11) is 0. The molecule has 4 nitrogen and oxygen atoms in total. The SMILES string of the molecule is CCOC(=O)C(c1ccc(Cc2cc(CC)nc(-c3cccc(Cl)c3)n2)cc1)C(F)(F)F. The molecule has 0 amide bonds. The van der Waals surface area contributed by atoms with Crippen LogP contribution in [0.25, 0.3) is 11.4 Å². The molecule has 3 aromatic rings. The van der Waals surface area contributed by atoms with E-state index in [1.807, 2.05) is 25.1 Å². The van der Waals surface area contributed by atoms with Gasteiger partial charge in [0.25, 0.3) is 0 Å². The van der Waals surface area contributed by atoms with Crippen molar-refractivity contribution in [3.63, 3.8) is 0 Å². The number of nitrogens with zero attached hydrogens (tertiary/aromatic N) is 2. The highest BCUT2D eigenvalue weighted by molar-refractivity contribution is 6.30. The Hall–Kier alpha value is -2.93. The molecule has 3 rings (SSSR count). The number of benzene rings is 2. The van der Waals surface area contributed by atoms with Gasteiger partial charge >= 0.3 is 12.1 Å². The maximum atomic E-state index is 13.4. The van der Waals surface area contributed by atoms with Gasteiger partial charge in [0, 0.05) is 28.4 Å². The van der Waals surface area contributed by atoms with E-state index >= 15 is 0 Å². The molecular weight excluding hydrogens is 441 g/mol. The Bertz CT molecular complexity index is 1090. The van der Waals surface area contributed by atoms with Crippen molar-refractivity contribution in [2.75, 3.05) is 6.61 Å². The minimum absolute atomic E-state index is 0.119. The highest BCUT2D eigenvalue weighted by Gasteiger charge is 2.47. The number of carbonyl (C=O) groups is 1. The van der Waals surface area contributed by atoms with Crippen LogP contribution in [0.4, 0.5) is 13.2 Å². The predicted octanol–water partition coefficient (Wildman–Crippen LogP) is 6.16. The van der Waals surface area contributed by atoms with Crippen LogP contribution in [0.2, 0.25) is 5.02 Å². The summed E-state index contributed by atoms with van der Waals surface area (Å²) in [6.07, 6.45) is -3.63. The molecule has 168 valence electrons. The zero-order valence-electron chi connectivity index (χ0n) is 17.6. The molecular formula is C24H22ClF3N2O2. The third kappa shape index (κ3) is 5.85. The monoisotopic (exact) mass is 462 g/mol. The van der Waals surface area contributed by atoms with Crippen molar-refractivity contribution in [1.82, 2.24) is 9.97 Å². The lowest BCUT2D eigenvalue weighted by Gasteiger charge is -2.19. The molecule has 0 fully saturated rings. The number of halogens is 4. The van der Waals surface area contributed by atoms with Gasteiger partial charge in [-0.25, -0.2) is 9.97 Å². The van der Waals surface area contributed by atoms with E-state index in [1.165, 1.54) is 19.1 Å². The summed E-state index contributed by atoms with van der Waals surface area (Å²) in [5, 5.41) is 0.575. The average Bonchev–Trinajstić information content (AvgIpc) is 2.74. The molecule has 2 aromatic carbocycles. The van der Waals surface area contributed by atoms with Crippen molar-refractivity contribution in [2.24, 2.45) is 0 Å². The van der Waals surface area contributed by atoms with Crippen molar-refractivity contribution in [3.05, 3.63) is 82.1 Å². The molecule has 0 N–H and O–H groups in total. The van der Waals surface area contributed by atoms with Crippen molar-refractivity contribution in [3.8, 4) is 11.4 Å². The van der Waals surface area contributed by atoms with Crippen LogP contribution in [0, 0.1) is 0 Å². The molecule has 1 atom stereocenters. The zero-order valence-corrected chi connectivity index (χ0v) is 18.4. The van der Waals surface area contributed by atoms with E-state index in [-0.39, 0.29) is 12.2 Å². The van der Waals surface area contributed by atoms with Crippen LogP contribution in [-0.4, -0.2) is 28.7 Å². The van der Waals surface area contributed by atoms with E-state index in [0.29, 0.717) is 23.7 Å². The summed E-state index contributed by atoms with van der Waals surface area (Å²) in [6, 6.07) is 14.9. The maximum absolute atomic E-state index is 13.4. The third-order valence-electron chi connectivity index (χ3n) is 4.83. The molecule has 0 aliphatic rings. The summed E-state index contributed by atoms with van der Waals surface area (Å²) in [5.74, 6) is -3.07. The Balaban J connectivity index is 1.88. The third-order valence-corrected chi connectivity index (χ3v) is 5.06. The van der Waals surface area contributed by atoms with Gasteiger partial charge in [-0.3, -0.25) is 4.79 Å². The molecule has 0 radical (unpaired) electrons. The quantitative estimate of drug-likeness (QED) is 0.395. The zero-order chi connectivity index (χ0) is 23.3. The molecule has 0 spiro atoms. The summed E-state index contributed by atoms with van der Waals surface area (Å²) in [5.41, 5.74) is 2.97. The topological polar surface area (TPSA) is 52.1 Å². The number of rotatable bonds is 7. The second-order valence-electron chi connectivity index (χ2n) is 7.18. The van der Waals surface area contributed by atoms with E-state index in [1.54, 1.807) is 24.3 Å². The van der Waals surface area contributed by atoms with Crippen LogP contribution in [0.15, 0.2) is 54.6 Å². The second kappa shape index (κ2) is 10.1. The number of carbonyl (C=O) groups excluding carboxylic acids is 1. The Morgan fingerprint density at radius 2 is 1.72 bits per heavy atom. The van der Waals surface area contributed by atoms with E-state index in [9.17, 15) is 18.0 Å². The standard InChI is InChI=1S/C24H22ClF3N2O2/c1-3-19-14-20(30-22(29-19)17-6-5-7-18(25)13-17)12-15-8-10-16(11-9-15)21(24(26,27)28)23(31)32-4-2/h5-11,13-14,21H,3-4,12H2,1-2H3. The second-order valence-corrected chi connectivity index (χ2v) is 7.62. The Morgan fingerprint density at radius 1 is 1.03 bits per heavy atom. The molecule has 0 bridgehead atoms. The number of ether oxygens (including phenoxy) is 1. The Labute approximate surface area is 189 Å². The van der Waals surface area contributed by atoms with Gasteiger partial charge in [-0.15, -0.1) is 0 Å². The molecule has 0 saturated heterocycles. The van der Waals surface area contributed by atoms with Crippen molar-refractivity contribution in [1.29, 1.82) is 0 Å². The van der Waals surface area contributed by atoms with Gasteiger partial charge in [-0.2, -0.15) is 13.2 Å². The highest BCUT2D eigenvalue weighted by Crippen LogP contribution is 2.36. The number of alkyl halides is 3. The van der Waals surface area contributed by atoms with Gasteiger partial charge in [-0.05, 0) is 42.7 Å². The first-order chi connectivity index (χ1) is 15.2. The fourth-order valence-corrected chi connectivity index (χ4v) is 3.49. The van der Waals surface area contributed by atoms with Crippen LogP contribution in [0.5, 0.6) is 0 Å². The van der Waals surface area contributed by atoms with E-state index in [4.69, 9.17) is 11.6 Å². The Kier molecular flexibility index (Phi) is 7.51. The van der Waals surface area contributed by atoms with Crippen LogP contribution in [0.3, 0.4) is 0 Å². The molecule has 32 heavy (non-hydrogen) atoms. The summed E-state index contributed by atoms with van der Waals surface area (Å²) >= 11 is 6.08. The number of hydrogen-bond acceptors (Lipinski definition) is 4. The van der Waals surface area contributed by atoms with E-state index in [0.717, 1.165) is 22.5 Å². The molecule has 1 unspecified atom stereocenters. The number of hydrogen-bond donors (Lipinski definition) is 0. The number of esters is 1. The van der Waals surface area contributed by atoms with Crippen LogP contribution in [-0.2, 0) is 22.4 Å². The molecule has 0 saturated carbocycles. The fraction of sp³-hybridized carbons (Fsp3) is 0.292. The van der Waals surface area contributed by atoms with Crippen molar-refractivity contribution >= 4 is 17.6 Å². The lowest BCUT2D eigenvalue weighted by Crippen LogP contribution is -2.30. The number of aromatic nitrogens is 2. The fourth-order valence-electron chi connectivity index (χ4n) is 3.30.